The monoisotopic (exact) mass is 639 g/mol. The van der Waals surface area contributed by atoms with Crippen molar-refractivity contribution in [2.45, 2.75) is 19.3 Å². The molecule has 8 aromatic rings. The van der Waals surface area contributed by atoms with Gasteiger partial charge in [-0.1, -0.05) is 172 Å². The molecule has 0 aromatic heterocycles. The van der Waals surface area contributed by atoms with Gasteiger partial charge in [-0.05, 0) is 91.2 Å². The van der Waals surface area contributed by atoms with Gasteiger partial charge in [0.15, 0.2) is 0 Å². The second kappa shape index (κ2) is 12.1. The van der Waals surface area contributed by atoms with Crippen LogP contribution in [0.5, 0.6) is 0 Å². The Hall–Kier alpha value is -6.18. The van der Waals surface area contributed by atoms with E-state index in [1.807, 2.05) is 0 Å². The average Bonchev–Trinajstić information content (AvgIpc) is 3.41. The molecule has 1 aliphatic carbocycles. The van der Waals surface area contributed by atoms with Crippen LogP contribution in [0.25, 0.3) is 55.3 Å². The maximum absolute atomic E-state index is 2.45. The number of fused-ring (bicyclic) bond motifs is 4. The molecular formula is C49H37N. The minimum Gasteiger partial charge on any atom is -0.310 e. The second-order valence-electron chi connectivity index (χ2n) is 13.7. The first-order valence-electron chi connectivity index (χ1n) is 17.4. The van der Waals surface area contributed by atoms with Gasteiger partial charge < -0.3 is 4.90 Å². The van der Waals surface area contributed by atoms with Crippen molar-refractivity contribution in [3.63, 3.8) is 0 Å². The highest BCUT2D eigenvalue weighted by Crippen LogP contribution is 2.51. The van der Waals surface area contributed by atoms with E-state index >= 15 is 0 Å². The van der Waals surface area contributed by atoms with Crippen LogP contribution in [0, 0.1) is 0 Å². The fourth-order valence-electron chi connectivity index (χ4n) is 8.02. The molecule has 1 nitrogen and oxygen atoms in total. The van der Waals surface area contributed by atoms with Crippen molar-refractivity contribution in [2.24, 2.45) is 0 Å². The first kappa shape index (κ1) is 29.9. The van der Waals surface area contributed by atoms with Crippen molar-refractivity contribution in [3.8, 4) is 44.5 Å². The number of para-hydroxylation sites is 1. The van der Waals surface area contributed by atoms with Gasteiger partial charge in [-0.2, -0.15) is 0 Å². The summed E-state index contributed by atoms with van der Waals surface area (Å²) in [4.78, 5) is 2.45. The summed E-state index contributed by atoms with van der Waals surface area (Å²) in [7, 11) is 0. The third kappa shape index (κ3) is 4.94. The van der Waals surface area contributed by atoms with E-state index < -0.39 is 0 Å². The highest BCUT2D eigenvalue weighted by atomic mass is 15.1. The molecule has 0 fully saturated rings. The van der Waals surface area contributed by atoms with E-state index in [1.165, 1.54) is 66.4 Å². The summed E-state index contributed by atoms with van der Waals surface area (Å²) in [6.45, 7) is 4.71. The number of benzene rings is 8. The van der Waals surface area contributed by atoms with E-state index in [1.54, 1.807) is 0 Å². The Balaban J connectivity index is 1.24. The number of nitrogens with zero attached hydrogens (tertiary/aromatic N) is 1. The molecule has 0 bridgehead atoms. The van der Waals surface area contributed by atoms with Crippen molar-refractivity contribution in [2.75, 3.05) is 4.90 Å². The number of rotatable bonds is 6. The zero-order valence-electron chi connectivity index (χ0n) is 28.3. The Morgan fingerprint density at radius 1 is 0.340 bits per heavy atom. The number of hydrogen-bond acceptors (Lipinski definition) is 1. The lowest BCUT2D eigenvalue weighted by Crippen LogP contribution is -2.17. The molecule has 0 unspecified atom stereocenters. The summed E-state index contributed by atoms with van der Waals surface area (Å²) in [6, 6.07) is 68.6. The predicted molar refractivity (Wildman–Crippen MR) is 213 cm³/mol. The summed E-state index contributed by atoms with van der Waals surface area (Å²) in [5, 5.41) is 2.51. The Kier molecular flexibility index (Phi) is 7.21. The lowest BCUT2D eigenvalue weighted by molar-refractivity contribution is 0.660. The van der Waals surface area contributed by atoms with Crippen LogP contribution in [0.1, 0.15) is 25.0 Å². The third-order valence-electron chi connectivity index (χ3n) is 10.5. The van der Waals surface area contributed by atoms with Gasteiger partial charge in [0.25, 0.3) is 0 Å². The van der Waals surface area contributed by atoms with Crippen LogP contribution in [-0.4, -0.2) is 0 Å². The van der Waals surface area contributed by atoms with Gasteiger partial charge in [-0.25, -0.2) is 0 Å². The first-order valence-corrected chi connectivity index (χ1v) is 17.4. The summed E-state index contributed by atoms with van der Waals surface area (Å²) in [6.07, 6.45) is 0. The SMILES string of the molecule is CC1(C)c2ccccc2-c2ccc(N(c3cccc(-c4ccc(-c5ccccc5)c5ccccc45)c3)c3ccccc3-c3ccccc3)cc21. The van der Waals surface area contributed by atoms with Gasteiger partial charge in [0.1, 0.15) is 0 Å². The van der Waals surface area contributed by atoms with Gasteiger partial charge in [-0.3, -0.25) is 0 Å². The normalized spacial score (nSPS) is 12.8. The van der Waals surface area contributed by atoms with Gasteiger partial charge >= 0.3 is 0 Å². The van der Waals surface area contributed by atoms with Crippen molar-refractivity contribution >= 4 is 27.8 Å². The zero-order chi connectivity index (χ0) is 33.7. The summed E-state index contributed by atoms with van der Waals surface area (Å²) >= 11 is 0. The molecule has 9 rings (SSSR count). The summed E-state index contributed by atoms with van der Waals surface area (Å²) in [5.41, 5.74) is 16.0. The standard InChI is InChI=1S/C49H37N/c1-49(2)46-26-13-11-25-44(46)45-29-28-38(33-47(45)49)50(48-27-14-12-22-41(48)35-18-7-4-8-19-35)37-21-15-20-36(32-37)40-31-30-39(34-16-5-3-6-17-34)42-23-9-10-24-43(40)42/h3-33H,1-2H3. The Bertz CT molecular complexity index is 2510. The Labute approximate surface area is 294 Å². The molecule has 50 heavy (non-hydrogen) atoms. The van der Waals surface area contributed by atoms with Crippen LogP contribution in [0.3, 0.4) is 0 Å². The smallest absolute Gasteiger partial charge is 0.0540 e. The Morgan fingerprint density at radius 2 is 0.840 bits per heavy atom. The van der Waals surface area contributed by atoms with Crippen LogP contribution in [-0.2, 0) is 5.41 Å². The van der Waals surface area contributed by atoms with Gasteiger partial charge in [0.2, 0.25) is 0 Å². The topological polar surface area (TPSA) is 3.24 Å². The lowest BCUT2D eigenvalue weighted by Gasteiger charge is -2.30. The van der Waals surface area contributed by atoms with E-state index in [0.29, 0.717) is 0 Å². The molecule has 1 heteroatoms. The fourth-order valence-corrected chi connectivity index (χ4v) is 8.02. The maximum Gasteiger partial charge on any atom is 0.0540 e. The quantitative estimate of drug-likeness (QED) is 0.175. The predicted octanol–water partition coefficient (Wildman–Crippen LogP) is 13.6. The van der Waals surface area contributed by atoms with Crippen molar-refractivity contribution in [3.05, 3.63) is 199 Å². The number of hydrogen-bond donors (Lipinski definition) is 0. The summed E-state index contributed by atoms with van der Waals surface area (Å²) < 4.78 is 0. The molecule has 0 saturated carbocycles. The highest BCUT2D eigenvalue weighted by molar-refractivity contribution is 6.05. The molecule has 0 radical (unpaired) electrons. The summed E-state index contributed by atoms with van der Waals surface area (Å²) in [5.74, 6) is 0. The molecule has 0 spiro atoms. The molecule has 1 aliphatic rings. The fraction of sp³-hybridized carbons (Fsp3) is 0.0612. The van der Waals surface area contributed by atoms with E-state index in [2.05, 4.69) is 207 Å². The van der Waals surface area contributed by atoms with E-state index in [9.17, 15) is 0 Å². The van der Waals surface area contributed by atoms with Crippen LogP contribution in [0.15, 0.2) is 188 Å². The van der Waals surface area contributed by atoms with Crippen molar-refractivity contribution in [1.29, 1.82) is 0 Å². The lowest BCUT2D eigenvalue weighted by atomic mass is 9.82. The van der Waals surface area contributed by atoms with Crippen LogP contribution in [0.4, 0.5) is 17.1 Å². The van der Waals surface area contributed by atoms with Crippen LogP contribution >= 0.6 is 0 Å². The molecule has 0 saturated heterocycles. The third-order valence-corrected chi connectivity index (χ3v) is 10.5. The van der Waals surface area contributed by atoms with Crippen LogP contribution in [0.2, 0.25) is 0 Å². The van der Waals surface area contributed by atoms with Gasteiger partial charge in [-0.15, -0.1) is 0 Å². The number of anilines is 3. The van der Waals surface area contributed by atoms with Crippen LogP contribution < -0.4 is 4.90 Å². The van der Waals surface area contributed by atoms with Crippen molar-refractivity contribution < 1.29 is 0 Å². The van der Waals surface area contributed by atoms with E-state index in [0.717, 1.165) is 17.1 Å². The minimum absolute atomic E-state index is 0.103. The maximum atomic E-state index is 2.45. The van der Waals surface area contributed by atoms with Crippen molar-refractivity contribution in [1.82, 2.24) is 0 Å². The van der Waals surface area contributed by atoms with Gasteiger partial charge in [0, 0.05) is 22.4 Å². The molecule has 0 atom stereocenters. The molecule has 238 valence electrons. The molecule has 0 aliphatic heterocycles. The van der Waals surface area contributed by atoms with E-state index in [-0.39, 0.29) is 5.41 Å². The Morgan fingerprint density at radius 3 is 1.56 bits per heavy atom. The second-order valence-corrected chi connectivity index (χ2v) is 13.7. The molecular weight excluding hydrogens is 603 g/mol. The molecule has 8 aromatic carbocycles. The first-order chi connectivity index (χ1) is 24.6. The largest absolute Gasteiger partial charge is 0.310 e. The molecule has 0 amide bonds. The highest BCUT2D eigenvalue weighted by Gasteiger charge is 2.35. The zero-order valence-corrected chi connectivity index (χ0v) is 28.3. The average molecular weight is 640 g/mol. The van der Waals surface area contributed by atoms with Gasteiger partial charge in [0.05, 0.1) is 5.69 Å². The molecule has 0 heterocycles. The molecule has 0 N–H and O–H groups in total. The van der Waals surface area contributed by atoms with E-state index in [4.69, 9.17) is 0 Å². The minimum atomic E-state index is -0.103.